The Bertz CT molecular complexity index is 241. The number of carbonyl (C=O) groups is 1. The Morgan fingerprint density at radius 2 is 1.93 bits per heavy atom. The SMILES string of the molecule is CCC=CC1C(=O)OCC1/C=C/CC. The standard InChI is InChI=1S/C12H18O2/c1-3-5-7-10-9-14-12(13)11(10)8-6-4-2/h5-8,10-11H,3-4,9H2,1-2H3/b7-5+,8-6?. The highest BCUT2D eigenvalue weighted by atomic mass is 16.5. The highest BCUT2D eigenvalue weighted by molar-refractivity contribution is 5.77. The lowest BCUT2D eigenvalue weighted by atomic mass is 9.94. The van der Waals surface area contributed by atoms with Crippen LogP contribution < -0.4 is 0 Å². The van der Waals surface area contributed by atoms with Gasteiger partial charge >= 0.3 is 5.97 Å². The first-order valence-corrected chi connectivity index (χ1v) is 5.29. The molecule has 0 aromatic rings. The normalized spacial score (nSPS) is 27.7. The van der Waals surface area contributed by atoms with Crippen LogP contribution in [-0.2, 0) is 9.53 Å². The van der Waals surface area contributed by atoms with Crippen molar-refractivity contribution in [2.45, 2.75) is 26.7 Å². The van der Waals surface area contributed by atoms with Crippen LogP contribution in [0.5, 0.6) is 0 Å². The predicted octanol–water partition coefficient (Wildman–Crippen LogP) is 2.71. The Labute approximate surface area is 85.6 Å². The van der Waals surface area contributed by atoms with Crippen LogP contribution in [0, 0.1) is 11.8 Å². The molecule has 0 aliphatic carbocycles. The second kappa shape index (κ2) is 5.63. The number of esters is 1. The first kappa shape index (κ1) is 11.0. The first-order chi connectivity index (χ1) is 6.79. The Kier molecular flexibility index (Phi) is 4.44. The molecule has 0 amide bonds. The molecule has 0 saturated carbocycles. The number of ether oxygens (including phenoxy) is 1. The maximum absolute atomic E-state index is 11.3. The Balaban J connectivity index is 2.61. The van der Waals surface area contributed by atoms with Crippen LogP contribution in [0.4, 0.5) is 0 Å². The van der Waals surface area contributed by atoms with Gasteiger partial charge in [0.25, 0.3) is 0 Å². The fourth-order valence-corrected chi connectivity index (χ4v) is 1.54. The molecule has 2 atom stereocenters. The van der Waals surface area contributed by atoms with E-state index in [9.17, 15) is 4.79 Å². The van der Waals surface area contributed by atoms with Crippen LogP contribution in [0.15, 0.2) is 24.3 Å². The molecule has 0 aromatic carbocycles. The lowest BCUT2D eigenvalue weighted by molar-refractivity contribution is -0.140. The lowest BCUT2D eigenvalue weighted by Gasteiger charge is -2.05. The summed E-state index contributed by atoms with van der Waals surface area (Å²) in [6.45, 7) is 4.69. The molecular weight excluding hydrogens is 176 g/mol. The molecule has 2 nitrogen and oxygen atoms in total. The quantitative estimate of drug-likeness (QED) is 0.508. The zero-order valence-corrected chi connectivity index (χ0v) is 8.90. The zero-order chi connectivity index (χ0) is 10.4. The van der Waals surface area contributed by atoms with Gasteiger partial charge in [-0.2, -0.15) is 0 Å². The molecule has 78 valence electrons. The fourth-order valence-electron chi connectivity index (χ4n) is 1.54. The molecule has 0 N–H and O–H groups in total. The molecule has 1 rings (SSSR count). The summed E-state index contributed by atoms with van der Waals surface area (Å²) in [5.74, 6) is 0.100. The minimum absolute atomic E-state index is 0.0576. The average molecular weight is 194 g/mol. The van der Waals surface area contributed by atoms with Crippen molar-refractivity contribution in [1.82, 2.24) is 0 Å². The van der Waals surface area contributed by atoms with Gasteiger partial charge in [0.1, 0.15) is 0 Å². The summed E-state index contributed by atoms with van der Waals surface area (Å²) in [5, 5.41) is 0. The van der Waals surface area contributed by atoms with E-state index in [-0.39, 0.29) is 17.8 Å². The van der Waals surface area contributed by atoms with Gasteiger partial charge in [0.15, 0.2) is 0 Å². The molecule has 1 aliphatic rings. The minimum atomic E-state index is -0.0829. The van der Waals surface area contributed by atoms with E-state index in [1.54, 1.807) is 0 Å². The van der Waals surface area contributed by atoms with Crippen molar-refractivity contribution in [2.75, 3.05) is 6.61 Å². The molecule has 1 aliphatic heterocycles. The average Bonchev–Trinajstić information content (AvgIpc) is 2.53. The van der Waals surface area contributed by atoms with Gasteiger partial charge in [-0.25, -0.2) is 0 Å². The number of hydrogen-bond donors (Lipinski definition) is 0. The first-order valence-electron chi connectivity index (χ1n) is 5.29. The number of rotatable bonds is 4. The van der Waals surface area contributed by atoms with Crippen LogP contribution in [0.3, 0.4) is 0 Å². The van der Waals surface area contributed by atoms with Gasteiger partial charge in [0.05, 0.1) is 12.5 Å². The maximum atomic E-state index is 11.3. The van der Waals surface area contributed by atoms with Gasteiger partial charge in [0.2, 0.25) is 0 Å². The largest absolute Gasteiger partial charge is 0.465 e. The molecular formula is C12H18O2. The van der Waals surface area contributed by atoms with Gasteiger partial charge in [0, 0.05) is 5.92 Å². The number of cyclic esters (lactones) is 1. The van der Waals surface area contributed by atoms with Gasteiger partial charge in [-0.15, -0.1) is 0 Å². The third-order valence-electron chi connectivity index (χ3n) is 2.35. The van der Waals surface area contributed by atoms with Crippen molar-refractivity contribution in [2.24, 2.45) is 11.8 Å². The third kappa shape index (κ3) is 2.72. The summed E-state index contributed by atoms with van der Waals surface area (Å²) in [6, 6.07) is 0. The van der Waals surface area contributed by atoms with E-state index < -0.39 is 0 Å². The van der Waals surface area contributed by atoms with E-state index in [2.05, 4.69) is 26.0 Å². The third-order valence-corrected chi connectivity index (χ3v) is 2.35. The molecule has 14 heavy (non-hydrogen) atoms. The van der Waals surface area contributed by atoms with E-state index in [0.29, 0.717) is 6.61 Å². The van der Waals surface area contributed by atoms with Crippen molar-refractivity contribution in [1.29, 1.82) is 0 Å². The van der Waals surface area contributed by atoms with Gasteiger partial charge in [-0.3, -0.25) is 4.79 Å². The van der Waals surface area contributed by atoms with Crippen LogP contribution >= 0.6 is 0 Å². The van der Waals surface area contributed by atoms with Crippen molar-refractivity contribution in [3.63, 3.8) is 0 Å². The fraction of sp³-hybridized carbons (Fsp3) is 0.583. The zero-order valence-electron chi connectivity index (χ0n) is 8.90. The van der Waals surface area contributed by atoms with Crippen LogP contribution in [0.2, 0.25) is 0 Å². The lowest BCUT2D eigenvalue weighted by Crippen LogP contribution is -2.11. The van der Waals surface area contributed by atoms with Crippen molar-refractivity contribution in [3.05, 3.63) is 24.3 Å². The highest BCUT2D eigenvalue weighted by Gasteiger charge is 2.32. The van der Waals surface area contributed by atoms with Gasteiger partial charge < -0.3 is 4.74 Å². The molecule has 0 spiro atoms. The summed E-state index contributed by atoms with van der Waals surface area (Å²) in [5.41, 5.74) is 0. The molecule has 1 saturated heterocycles. The van der Waals surface area contributed by atoms with Crippen LogP contribution in [0.1, 0.15) is 26.7 Å². The molecule has 0 radical (unpaired) electrons. The molecule has 1 fully saturated rings. The topological polar surface area (TPSA) is 26.3 Å². The Morgan fingerprint density at radius 1 is 1.29 bits per heavy atom. The Morgan fingerprint density at radius 3 is 2.57 bits per heavy atom. The van der Waals surface area contributed by atoms with E-state index in [0.717, 1.165) is 12.8 Å². The summed E-state index contributed by atoms with van der Waals surface area (Å²) < 4.78 is 5.03. The molecule has 1 heterocycles. The van der Waals surface area contributed by atoms with E-state index in [1.807, 2.05) is 12.2 Å². The Hall–Kier alpha value is -1.05. The highest BCUT2D eigenvalue weighted by Crippen LogP contribution is 2.24. The second-order valence-electron chi connectivity index (χ2n) is 3.49. The van der Waals surface area contributed by atoms with E-state index in [4.69, 9.17) is 4.74 Å². The molecule has 2 heteroatoms. The number of hydrogen-bond acceptors (Lipinski definition) is 2. The summed E-state index contributed by atoms with van der Waals surface area (Å²) in [4.78, 5) is 11.3. The van der Waals surface area contributed by atoms with Crippen LogP contribution in [0.25, 0.3) is 0 Å². The van der Waals surface area contributed by atoms with E-state index >= 15 is 0 Å². The predicted molar refractivity (Wildman–Crippen MR) is 56.8 cm³/mol. The molecule has 0 bridgehead atoms. The van der Waals surface area contributed by atoms with Gasteiger partial charge in [-0.05, 0) is 12.8 Å². The van der Waals surface area contributed by atoms with E-state index in [1.165, 1.54) is 0 Å². The van der Waals surface area contributed by atoms with Crippen molar-refractivity contribution < 1.29 is 9.53 Å². The van der Waals surface area contributed by atoms with Gasteiger partial charge in [-0.1, -0.05) is 38.2 Å². The summed E-state index contributed by atoms with van der Waals surface area (Å²) in [6.07, 6.45) is 10.2. The monoisotopic (exact) mass is 194 g/mol. The molecule has 0 aromatic heterocycles. The minimum Gasteiger partial charge on any atom is -0.465 e. The molecule has 2 unspecified atom stereocenters. The maximum Gasteiger partial charge on any atom is 0.313 e. The van der Waals surface area contributed by atoms with Crippen molar-refractivity contribution >= 4 is 5.97 Å². The second-order valence-corrected chi connectivity index (χ2v) is 3.49. The number of carbonyl (C=O) groups excluding carboxylic acids is 1. The number of allylic oxidation sites excluding steroid dienone is 2. The summed E-state index contributed by atoms with van der Waals surface area (Å²) in [7, 11) is 0. The van der Waals surface area contributed by atoms with Crippen LogP contribution in [-0.4, -0.2) is 12.6 Å². The smallest absolute Gasteiger partial charge is 0.313 e. The summed E-state index contributed by atoms with van der Waals surface area (Å²) >= 11 is 0. The van der Waals surface area contributed by atoms with Crippen molar-refractivity contribution in [3.8, 4) is 0 Å².